The van der Waals surface area contributed by atoms with Crippen molar-refractivity contribution < 1.29 is 19.4 Å². The van der Waals surface area contributed by atoms with Crippen molar-refractivity contribution in [1.29, 1.82) is 0 Å². The number of aryl methyl sites for hydroxylation is 1. The highest BCUT2D eigenvalue weighted by Crippen LogP contribution is 2.32. The highest BCUT2D eigenvalue weighted by atomic mass is 16.6. The van der Waals surface area contributed by atoms with Gasteiger partial charge < -0.3 is 15.2 Å². The van der Waals surface area contributed by atoms with Crippen LogP contribution in [0, 0.1) is 0 Å². The van der Waals surface area contributed by atoms with E-state index in [1.165, 1.54) is 10.5 Å². The minimum atomic E-state index is -0.667. The van der Waals surface area contributed by atoms with Crippen LogP contribution in [-0.4, -0.2) is 33.6 Å². The van der Waals surface area contributed by atoms with Crippen molar-refractivity contribution in [3.8, 4) is 5.75 Å². The number of hydrogen-bond donors (Lipinski definition) is 2. The summed E-state index contributed by atoms with van der Waals surface area (Å²) in [6, 6.07) is 12.6. The number of nitrogens with zero attached hydrogens (tertiary/aromatic N) is 1. The molecule has 2 atom stereocenters. The van der Waals surface area contributed by atoms with Crippen molar-refractivity contribution in [3.63, 3.8) is 0 Å². The summed E-state index contributed by atoms with van der Waals surface area (Å²) in [7, 11) is 0. The van der Waals surface area contributed by atoms with Crippen molar-refractivity contribution in [2.75, 3.05) is 0 Å². The molecule has 2 aliphatic rings. The smallest absolute Gasteiger partial charge is 0.411 e. The standard InChI is InChI=1S/C25H30N2O4/c1-25(2,3)31-24(30)27-15-18-13-19(28)12-11-17(18)14-22(27)23(29)26-21-10-6-8-16-7-4-5-9-20(16)21/h4-5,7,9,11-13,21-22,28H,6,8,10,14-15H2,1-3H3,(H,26,29)/t21?,22-/m0/s1. The van der Waals surface area contributed by atoms with Gasteiger partial charge in [0.1, 0.15) is 17.4 Å². The summed E-state index contributed by atoms with van der Waals surface area (Å²) in [6.07, 6.45) is 2.78. The zero-order chi connectivity index (χ0) is 22.2. The lowest BCUT2D eigenvalue weighted by Gasteiger charge is -2.38. The lowest BCUT2D eigenvalue weighted by molar-refractivity contribution is -0.128. The minimum Gasteiger partial charge on any atom is -0.508 e. The first-order chi connectivity index (χ1) is 14.7. The number of aromatic hydroxyl groups is 1. The van der Waals surface area contributed by atoms with Gasteiger partial charge in [-0.05, 0) is 74.4 Å². The number of phenolic OH excluding ortho intramolecular Hbond substituents is 1. The molecule has 31 heavy (non-hydrogen) atoms. The Hall–Kier alpha value is -3.02. The second kappa shape index (κ2) is 8.25. The fourth-order valence-corrected chi connectivity index (χ4v) is 4.49. The number of carbonyl (C=O) groups excluding carboxylic acids is 2. The van der Waals surface area contributed by atoms with Crippen LogP contribution < -0.4 is 5.32 Å². The first kappa shape index (κ1) is 21.2. The SMILES string of the molecule is CC(C)(C)OC(=O)N1Cc2cc(O)ccc2C[C@H]1C(=O)NC1CCCc2ccccc21. The number of nitrogens with one attached hydrogen (secondary N) is 1. The van der Waals surface area contributed by atoms with E-state index in [9.17, 15) is 14.7 Å². The van der Waals surface area contributed by atoms with Gasteiger partial charge in [-0.25, -0.2) is 4.79 Å². The summed E-state index contributed by atoms with van der Waals surface area (Å²) in [4.78, 5) is 27.9. The van der Waals surface area contributed by atoms with Crippen LogP contribution in [0.3, 0.4) is 0 Å². The summed E-state index contributed by atoms with van der Waals surface area (Å²) in [6.45, 7) is 5.64. The van der Waals surface area contributed by atoms with Gasteiger partial charge in [0.25, 0.3) is 0 Å². The molecule has 1 unspecified atom stereocenters. The molecule has 1 aliphatic carbocycles. The van der Waals surface area contributed by atoms with Gasteiger partial charge in [-0.3, -0.25) is 9.69 Å². The van der Waals surface area contributed by atoms with Gasteiger partial charge in [-0.15, -0.1) is 0 Å². The monoisotopic (exact) mass is 422 g/mol. The molecule has 1 heterocycles. The Balaban J connectivity index is 1.60. The molecule has 0 radical (unpaired) electrons. The van der Waals surface area contributed by atoms with Gasteiger partial charge in [0.15, 0.2) is 0 Å². The normalized spacial score (nSPS) is 20.4. The molecule has 2 aromatic carbocycles. The van der Waals surface area contributed by atoms with E-state index in [0.717, 1.165) is 36.0 Å². The van der Waals surface area contributed by atoms with E-state index in [0.29, 0.717) is 6.42 Å². The van der Waals surface area contributed by atoms with Gasteiger partial charge >= 0.3 is 6.09 Å². The first-order valence-corrected chi connectivity index (χ1v) is 10.9. The molecule has 0 fully saturated rings. The number of carbonyl (C=O) groups is 2. The number of benzene rings is 2. The molecule has 0 saturated carbocycles. The molecule has 2 N–H and O–H groups in total. The Kier molecular flexibility index (Phi) is 5.65. The molecule has 0 aromatic heterocycles. The van der Waals surface area contributed by atoms with E-state index < -0.39 is 17.7 Å². The lowest BCUT2D eigenvalue weighted by atomic mass is 9.87. The Morgan fingerprint density at radius 3 is 2.65 bits per heavy atom. The van der Waals surface area contributed by atoms with Gasteiger partial charge in [-0.1, -0.05) is 30.3 Å². The van der Waals surface area contributed by atoms with E-state index >= 15 is 0 Å². The highest BCUT2D eigenvalue weighted by Gasteiger charge is 2.38. The van der Waals surface area contributed by atoms with Crippen molar-refractivity contribution in [2.45, 2.75) is 70.7 Å². The lowest BCUT2D eigenvalue weighted by Crippen LogP contribution is -2.54. The van der Waals surface area contributed by atoms with Crippen molar-refractivity contribution in [3.05, 3.63) is 64.7 Å². The second-order valence-corrected chi connectivity index (χ2v) is 9.43. The van der Waals surface area contributed by atoms with E-state index in [2.05, 4.69) is 17.4 Å². The number of ether oxygens (including phenoxy) is 1. The minimum absolute atomic E-state index is 0.0563. The quantitative estimate of drug-likeness (QED) is 0.758. The van der Waals surface area contributed by atoms with Gasteiger partial charge in [0, 0.05) is 6.42 Å². The summed E-state index contributed by atoms with van der Waals surface area (Å²) in [5.74, 6) is -0.0316. The third-order valence-electron chi connectivity index (χ3n) is 5.94. The predicted octanol–water partition coefficient (Wildman–Crippen LogP) is 4.25. The third-order valence-corrected chi connectivity index (χ3v) is 5.94. The molecule has 2 amide bonds. The average molecular weight is 423 g/mol. The van der Waals surface area contributed by atoms with E-state index in [1.54, 1.807) is 12.1 Å². The molecule has 6 nitrogen and oxygen atoms in total. The average Bonchev–Trinajstić information content (AvgIpc) is 2.71. The van der Waals surface area contributed by atoms with E-state index in [1.807, 2.05) is 39.0 Å². The Morgan fingerprint density at radius 2 is 1.87 bits per heavy atom. The molecular formula is C25H30N2O4. The van der Waals surface area contributed by atoms with E-state index in [4.69, 9.17) is 4.74 Å². The van der Waals surface area contributed by atoms with Crippen LogP contribution in [0.1, 0.15) is 61.9 Å². The summed E-state index contributed by atoms with van der Waals surface area (Å²) < 4.78 is 5.59. The maximum Gasteiger partial charge on any atom is 0.411 e. The van der Waals surface area contributed by atoms with Gasteiger partial charge in [0.05, 0.1) is 12.6 Å². The number of fused-ring (bicyclic) bond motifs is 2. The Bertz CT molecular complexity index is 995. The Labute approximate surface area is 183 Å². The third kappa shape index (κ3) is 4.68. The summed E-state index contributed by atoms with van der Waals surface area (Å²) in [5.41, 5.74) is 3.55. The topological polar surface area (TPSA) is 78.9 Å². The second-order valence-electron chi connectivity index (χ2n) is 9.43. The van der Waals surface area contributed by atoms with E-state index in [-0.39, 0.29) is 24.2 Å². The molecule has 164 valence electrons. The maximum absolute atomic E-state index is 13.4. The number of amides is 2. The molecule has 4 rings (SSSR count). The number of rotatable bonds is 2. The van der Waals surface area contributed by atoms with Crippen molar-refractivity contribution in [1.82, 2.24) is 10.2 Å². The van der Waals surface area contributed by atoms with Gasteiger partial charge in [0.2, 0.25) is 5.91 Å². The molecule has 6 heteroatoms. The van der Waals surface area contributed by atoms with Crippen LogP contribution in [0.25, 0.3) is 0 Å². The number of hydrogen-bond acceptors (Lipinski definition) is 4. The fraction of sp³-hybridized carbons (Fsp3) is 0.440. The van der Waals surface area contributed by atoms with Crippen LogP contribution in [0.5, 0.6) is 5.75 Å². The van der Waals surface area contributed by atoms with Crippen LogP contribution in [0.15, 0.2) is 42.5 Å². The van der Waals surface area contributed by atoms with Crippen molar-refractivity contribution >= 4 is 12.0 Å². The maximum atomic E-state index is 13.4. The van der Waals surface area contributed by atoms with Gasteiger partial charge in [-0.2, -0.15) is 0 Å². The largest absolute Gasteiger partial charge is 0.508 e. The molecule has 2 aromatic rings. The molecule has 1 aliphatic heterocycles. The summed E-state index contributed by atoms with van der Waals surface area (Å²) in [5, 5.41) is 13.1. The first-order valence-electron chi connectivity index (χ1n) is 10.9. The van der Waals surface area contributed by atoms with Crippen LogP contribution >= 0.6 is 0 Å². The number of phenols is 1. The van der Waals surface area contributed by atoms with Crippen molar-refractivity contribution in [2.24, 2.45) is 0 Å². The predicted molar refractivity (Wildman–Crippen MR) is 118 cm³/mol. The highest BCUT2D eigenvalue weighted by molar-refractivity contribution is 5.87. The molecule has 0 bridgehead atoms. The summed E-state index contributed by atoms with van der Waals surface area (Å²) >= 11 is 0. The Morgan fingerprint density at radius 1 is 1.10 bits per heavy atom. The molecular weight excluding hydrogens is 392 g/mol. The van der Waals surface area contributed by atoms with Crippen LogP contribution in [0.2, 0.25) is 0 Å². The van der Waals surface area contributed by atoms with Crippen LogP contribution in [0.4, 0.5) is 4.79 Å². The zero-order valence-corrected chi connectivity index (χ0v) is 18.4. The fourth-order valence-electron chi connectivity index (χ4n) is 4.49. The molecule has 0 spiro atoms. The molecule has 0 saturated heterocycles. The van der Waals surface area contributed by atoms with Crippen LogP contribution in [-0.2, 0) is 28.9 Å². The zero-order valence-electron chi connectivity index (χ0n) is 18.4.